The molecule has 0 radical (unpaired) electrons. The summed E-state index contributed by atoms with van der Waals surface area (Å²) in [4.78, 5) is 0. The highest BCUT2D eigenvalue weighted by molar-refractivity contribution is 5.38. The zero-order valence-electron chi connectivity index (χ0n) is 16.8. The first-order valence-electron chi connectivity index (χ1n) is 10.5. The molecule has 0 aromatic rings. The molecule has 0 heterocycles. The minimum Gasteiger partial charge on any atom is -0.393 e. The second kappa shape index (κ2) is 4.90. The highest BCUT2D eigenvalue weighted by Gasteiger charge is 2.61. The second-order valence-corrected chi connectivity index (χ2v) is 11.0. The quantitative estimate of drug-likeness (QED) is 0.531. The zero-order valence-corrected chi connectivity index (χ0v) is 16.8. The van der Waals surface area contributed by atoms with Gasteiger partial charge in [0.05, 0.1) is 6.10 Å². The molecule has 4 rings (SSSR count). The Bertz CT molecular complexity index is 587. The molecule has 0 aromatic heterocycles. The van der Waals surface area contributed by atoms with Crippen LogP contribution in [0.5, 0.6) is 0 Å². The maximum absolute atomic E-state index is 10.6. The number of fused-ring (bicyclic) bond motifs is 4. The molecular formula is C23H38O. The van der Waals surface area contributed by atoms with Gasteiger partial charge in [-0.3, -0.25) is 0 Å². The summed E-state index contributed by atoms with van der Waals surface area (Å²) in [5.41, 5.74) is 5.06. The Labute approximate surface area is 149 Å². The largest absolute Gasteiger partial charge is 0.393 e. The molecule has 0 saturated heterocycles. The molecule has 1 heteroatoms. The number of hydrogen-bond donors (Lipinski definition) is 1. The summed E-state index contributed by atoms with van der Waals surface area (Å²) in [6.07, 6.45) is 10.2. The number of rotatable bonds is 0. The Morgan fingerprint density at radius 2 is 1.54 bits per heavy atom. The van der Waals surface area contributed by atoms with E-state index in [4.69, 9.17) is 0 Å². The molecule has 0 amide bonds. The molecule has 136 valence electrons. The zero-order chi connectivity index (χ0) is 17.5. The average Bonchev–Trinajstić information content (AvgIpc) is 2.76. The van der Waals surface area contributed by atoms with Crippen molar-refractivity contribution in [3.05, 3.63) is 11.1 Å². The molecule has 0 bridgehead atoms. The monoisotopic (exact) mass is 330 g/mol. The Hall–Kier alpha value is -0.300. The van der Waals surface area contributed by atoms with Crippen LogP contribution in [0.2, 0.25) is 0 Å². The van der Waals surface area contributed by atoms with E-state index in [0.29, 0.717) is 22.2 Å². The van der Waals surface area contributed by atoms with Crippen LogP contribution in [-0.2, 0) is 0 Å². The Morgan fingerprint density at radius 3 is 2.25 bits per heavy atom. The third-order valence-electron chi connectivity index (χ3n) is 10.2. The number of aliphatic hydroxyl groups is 1. The number of allylic oxidation sites excluding steroid dienone is 2. The highest BCUT2D eigenvalue weighted by Crippen LogP contribution is 2.71. The van der Waals surface area contributed by atoms with Crippen LogP contribution < -0.4 is 0 Å². The van der Waals surface area contributed by atoms with Gasteiger partial charge < -0.3 is 5.11 Å². The fourth-order valence-corrected chi connectivity index (χ4v) is 7.97. The van der Waals surface area contributed by atoms with Gasteiger partial charge in [0.25, 0.3) is 0 Å². The molecule has 0 aromatic carbocycles. The summed E-state index contributed by atoms with van der Waals surface area (Å²) < 4.78 is 0. The van der Waals surface area contributed by atoms with Crippen LogP contribution in [0, 0.1) is 33.5 Å². The molecule has 2 fully saturated rings. The van der Waals surface area contributed by atoms with Gasteiger partial charge in [0.1, 0.15) is 0 Å². The smallest absolute Gasteiger partial charge is 0.0594 e. The molecule has 24 heavy (non-hydrogen) atoms. The highest BCUT2D eigenvalue weighted by atomic mass is 16.3. The van der Waals surface area contributed by atoms with Gasteiger partial charge in [-0.2, -0.15) is 0 Å². The lowest BCUT2D eigenvalue weighted by Crippen LogP contribution is -2.54. The van der Waals surface area contributed by atoms with Gasteiger partial charge in [-0.05, 0) is 84.9 Å². The molecule has 4 aliphatic carbocycles. The molecule has 6 unspecified atom stereocenters. The van der Waals surface area contributed by atoms with Crippen LogP contribution in [0.3, 0.4) is 0 Å². The first-order valence-corrected chi connectivity index (χ1v) is 10.5. The maximum atomic E-state index is 10.6. The van der Waals surface area contributed by atoms with Crippen molar-refractivity contribution >= 4 is 0 Å². The normalized spacial score (nSPS) is 53.4. The van der Waals surface area contributed by atoms with E-state index in [2.05, 4.69) is 41.5 Å². The molecule has 2 saturated carbocycles. The first kappa shape index (κ1) is 17.1. The van der Waals surface area contributed by atoms with E-state index in [-0.39, 0.29) is 11.5 Å². The Morgan fingerprint density at radius 1 is 0.833 bits per heavy atom. The van der Waals surface area contributed by atoms with Gasteiger partial charge >= 0.3 is 0 Å². The predicted molar refractivity (Wildman–Crippen MR) is 101 cm³/mol. The van der Waals surface area contributed by atoms with Crippen LogP contribution in [0.4, 0.5) is 0 Å². The third-order valence-corrected chi connectivity index (χ3v) is 10.2. The SMILES string of the molecule is CC1CCC2(C)C3=C(CCC12C)C1(C)CCC(O)C(C)(C)C1CC3. The van der Waals surface area contributed by atoms with Crippen molar-refractivity contribution in [3.63, 3.8) is 0 Å². The summed E-state index contributed by atoms with van der Waals surface area (Å²) in [5, 5.41) is 10.6. The summed E-state index contributed by atoms with van der Waals surface area (Å²) in [7, 11) is 0. The second-order valence-electron chi connectivity index (χ2n) is 11.0. The van der Waals surface area contributed by atoms with Crippen LogP contribution in [0.25, 0.3) is 0 Å². The van der Waals surface area contributed by atoms with Gasteiger partial charge in [0, 0.05) is 0 Å². The van der Waals surface area contributed by atoms with Gasteiger partial charge in [0.2, 0.25) is 0 Å². The van der Waals surface area contributed by atoms with Crippen molar-refractivity contribution in [1.82, 2.24) is 0 Å². The summed E-state index contributed by atoms with van der Waals surface area (Å²) in [5.74, 6) is 1.52. The van der Waals surface area contributed by atoms with Gasteiger partial charge in [-0.1, -0.05) is 52.7 Å². The van der Waals surface area contributed by atoms with E-state index >= 15 is 0 Å². The van der Waals surface area contributed by atoms with Crippen molar-refractivity contribution in [3.8, 4) is 0 Å². The van der Waals surface area contributed by atoms with E-state index in [1.165, 1.54) is 44.9 Å². The molecule has 1 nitrogen and oxygen atoms in total. The average molecular weight is 331 g/mol. The fourth-order valence-electron chi connectivity index (χ4n) is 7.97. The van der Waals surface area contributed by atoms with Crippen LogP contribution >= 0.6 is 0 Å². The summed E-state index contributed by atoms with van der Waals surface area (Å²) in [6.45, 7) is 14.9. The molecule has 6 atom stereocenters. The van der Waals surface area contributed by atoms with E-state index in [9.17, 15) is 5.11 Å². The van der Waals surface area contributed by atoms with Crippen molar-refractivity contribution in [2.75, 3.05) is 0 Å². The first-order chi connectivity index (χ1) is 11.1. The summed E-state index contributed by atoms with van der Waals surface area (Å²) in [6, 6.07) is 0. The van der Waals surface area contributed by atoms with Crippen molar-refractivity contribution in [1.29, 1.82) is 0 Å². The lowest BCUT2D eigenvalue weighted by Gasteiger charge is -2.61. The van der Waals surface area contributed by atoms with Crippen LogP contribution in [-0.4, -0.2) is 11.2 Å². The van der Waals surface area contributed by atoms with Crippen molar-refractivity contribution in [2.45, 2.75) is 99.0 Å². The van der Waals surface area contributed by atoms with E-state index in [0.717, 1.165) is 12.3 Å². The lowest BCUT2D eigenvalue weighted by molar-refractivity contribution is -0.0954. The van der Waals surface area contributed by atoms with E-state index < -0.39 is 0 Å². The minimum absolute atomic E-state index is 0.0656. The lowest BCUT2D eigenvalue weighted by atomic mass is 9.43. The minimum atomic E-state index is -0.117. The molecule has 0 spiro atoms. The Balaban J connectivity index is 1.82. The third kappa shape index (κ3) is 1.81. The predicted octanol–water partition coefficient (Wildman–Crippen LogP) is 6.12. The molecule has 1 N–H and O–H groups in total. The van der Waals surface area contributed by atoms with Crippen molar-refractivity contribution in [2.24, 2.45) is 33.5 Å². The molecule has 4 aliphatic rings. The van der Waals surface area contributed by atoms with Crippen LogP contribution in [0.1, 0.15) is 92.9 Å². The molecular weight excluding hydrogens is 292 g/mol. The fraction of sp³-hybridized carbons (Fsp3) is 0.913. The maximum Gasteiger partial charge on any atom is 0.0594 e. The molecule has 0 aliphatic heterocycles. The van der Waals surface area contributed by atoms with Gasteiger partial charge in [-0.25, -0.2) is 0 Å². The number of aliphatic hydroxyl groups excluding tert-OH is 1. The number of hydrogen-bond acceptors (Lipinski definition) is 1. The standard InChI is InChI=1S/C23H38O/c1-15-9-13-23(6)17-7-8-18-20(2,3)19(24)11-12-21(18,4)16(17)10-14-22(15,23)5/h15,18-19,24H,7-14H2,1-6H3. The van der Waals surface area contributed by atoms with Gasteiger partial charge in [0.15, 0.2) is 0 Å². The Kier molecular flexibility index (Phi) is 3.50. The topological polar surface area (TPSA) is 20.2 Å². The van der Waals surface area contributed by atoms with Gasteiger partial charge in [-0.15, -0.1) is 0 Å². The van der Waals surface area contributed by atoms with E-state index in [1.807, 2.05) is 11.1 Å². The van der Waals surface area contributed by atoms with Crippen molar-refractivity contribution < 1.29 is 5.11 Å². The van der Waals surface area contributed by atoms with E-state index in [1.54, 1.807) is 0 Å². The summed E-state index contributed by atoms with van der Waals surface area (Å²) >= 11 is 0. The van der Waals surface area contributed by atoms with Crippen LogP contribution in [0.15, 0.2) is 11.1 Å².